The van der Waals surface area contributed by atoms with E-state index in [0.29, 0.717) is 97.2 Å². The van der Waals surface area contributed by atoms with Crippen LogP contribution in [0.15, 0.2) is 180 Å². The molecule has 12 aliphatic rings. The lowest BCUT2D eigenvalue weighted by molar-refractivity contribution is 0.0401. The summed E-state index contributed by atoms with van der Waals surface area (Å²) in [6.45, 7) is 9.44. The fourth-order valence-electron chi connectivity index (χ4n) is 23.9. The van der Waals surface area contributed by atoms with E-state index in [4.69, 9.17) is 77.0 Å². The molecule has 0 radical (unpaired) electrons. The van der Waals surface area contributed by atoms with Gasteiger partial charge in [-0.25, -0.2) is 48.7 Å². The van der Waals surface area contributed by atoms with E-state index in [2.05, 4.69) is 128 Å². The third-order valence-corrected chi connectivity index (χ3v) is 31.8. The molecule has 28 rings (SSSR count). The van der Waals surface area contributed by atoms with E-state index in [1.165, 1.54) is 23.3 Å². The summed E-state index contributed by atoms with van der Waals surface area (Å²) in [6.07, 6.45) is 29.3. The molecule has 4 fully saturated rings. The molecule has 12 N–H and O–H groups in total. The molecular formula is C103H108F2N32O5. The van der Waals surface area contributed by atoms with E-state index in [-0.39, 0.29) is 63.7 Å². The molecule has 4 saturated heterocycles. The maximum atomic E-state index is 14.3. The highest BCUT2D eigenvalue weighted by molar-refractivity contribution is 5.91. The van der Waals surface area contributed by atoms with Gasteiger partial charge in [-0.2, -0.15) is 20.4 Å². The molecule has 0 bridgehead atoms. The Balaban J connectivity index is 0.0000000996. The topological polar surface area (TPSA) is 445 Å². The predicted octanol–water partition coefficient (Wildman–Crippen LogP) is 12.4. The van der Waals surface area contributed by atoms with Crippen molar-refractivity contribution in [2.24, 2.45) is 42.4 Å². The van der Waals surface area contributed by atoms with Crippen LogP contribution in [0, 0.1) is 17.0 Å². The summed E-state index contributed by atoms with van der Waals surface area (Å²) < 4.78 is 50.5. The van der Waals surface area contributed by atoms with E-state index in [0.717, 1.165) is 255 Å². The van der Waals surface area contributed by atoms with E-state index < -0.39 is 11.2 Å². The summed E-state index contributed by atoms with van der Waals surface area (Å²) >= 11 is 0. The maximum absolute atomic E-state index is 14.3. The molecule has 4 aromatic carbocycles. The highest BCUT2D eigenvalue weighted by Gasteiger charge is 2.54. The van der Waals surface area contributed by atoms with Crippen LogP contribution in [0.3, 0.4) is 0 Å². The van der Waals surface area contributed by atoms with Crippen molar-refractivity contribution in [2.75, 3.05) is 118 Å². The second-order valence-corrected chi connectivity index (χ2v) is 39.5. The lowest BCUT2D eigenvalue weighted by Gasteiger charge is -2.42. The number of nitrogens with zero attached hydrogens (tertiary/aromatic N) is 24. The van der Waals surface area contributed by atoms with E-state index in [9.17, 15) is 18.4 Å². The zero-order valence-electron chi connectivity index (χ0n) is 78.8. The minimum atomic E-state index is -0.613. The molecule has 16 aromatic rings. The van der Waals surface area contributed by atoms with Gasteiger partial charge >= 0.3 is 0 Å². The Morgan fingerprint density at radius 2 is 0.711 bits per heavy atom. The minimum absolute atomic E-state index is 0.0232. The quantitative estimate of drug-likeness (QED) is 0.0700. The van der Waals surface area contributed by atoms with Crippen LogP contribution in [-0.4, -0.2) is 195 Å². The van der Waals surface area contributed by atoms with Crippen LogP contribution in [0.25, 0.3) is 44.7 Å². The number of hydrogen-bond donors (Lipinski definition) is 8. The van der Waals surface area contributed by atoms with E-state index >= 15 is 0 Å². The zero-order valence-corrected chi connectivity index (χ0v) is 78.8. The number of nitrogens with one attached hydrogen (secondary N) is 4. The Bertz CT molecular complexity index is 7720. The van der Waals surface area contributed by atoms with Crippen molar-refractivity contribution in [2.45, 2.75) is 150 Å². The Morgan fingerprint density at radius 1 is 0.359 bits per heavy atom. The number of aromatic nitrogens is 20. The standard InChI is InChI=1S/C26H27FN8O2.C26H28N8O2.C26H28N8.C25H25FN8O/c1-33-11-7-18-15(25(33)36)5-3-10-35(18)24-20-23(31-32-24)30-19(14-29-20)34-12-8-26(9-13-34)22(28)16-4-2-6-17(27)21(16)37-26;1-32-12-8-18-16(25(32)35)6-4-11-34(18)24-21-23(30-31-24)29-20(15-28-21)33-13-9-26(10-14-33)22(27)17-5-2-3-7-19(17)36-26;27-23-18-6-2-1-5-17(18)15-26(23)9-13-33(14-10-26)21-16-29-22-24(30-21)31-32-25(22)34-12-4-7-19-20(34)8-3-11-28-19;26-16-5-1-4-15-21(16)35-25(22(15)27)8-12-33(13-9-25)19-14-29-20-23(30-19)31-32-24(20)34-11-3-6-17-18(34)7-2-10-28-17/h2,4,6-7,11,14,22H,3,5,8-10,12-13,28H2,1H3,(H,30,31,32);2-3,5,7-8,12,15,22H,4,6,9-11,13-14,27H2,1H3,(H,29,30,31);1-3,5-6,8,11,16,23H,4,7,9-10,12-15,27H2,(H,30,31,32);1-2,4-5,7,10,14,22H,3,6,8-9,11-13,27H2,(H,30,31,32)/t2*22-;;22-/m11.1/s1. The first kappa shape index (κ1) is 88.2. The normalized spacial score (nSPS) is 20.6. The number of aromatic amines is 4. The molecule has 23 heterocycles. The molecule has 4 atom stereocenters. The number of benzene rings is 4. The fraction of sp³-hybridized carbons (Fsp3) is 0.379. The van der Waals surface area contributed by atoms with Crippen LogP contribution >= 0.6 is 0 Å². The van der Waals surface area contributed by atoms with Crippen molar-refractivity contribution in [1.29, 1.82) is 0 Å². The van der Waals surface area contributed by atoms with Crippen molar-refractivity contribution >= 4 is 114 Å². The minimum Gasteiger partial charge on any atom is -0.485 e. The number of piperidine rings is 4. The highest BCUT2D eigenvalue weighted by atomic mass is 19.1. The number of pyridine rings is 4. The first-order chi connectivity index (χ1) is 69.3. The van der Waals surface area contributed by atoms with Gasteiger partial charge in [-0.1, -0.05) is 66.7 Å². The molecule has 11 aliphatic heterocycles. The lowest BCUT2D eigenvalue weighted by Crippen LogP contribution is -2.51. The molecule has 12 aromatic heterocycles. The Hall–Kier alpha value is -15.2. The Kier molecular flexibility index (Phi) is 21.7. The summed E-state index contributed by atoms with van der Waals surface area (Å²) in [5.74, 6) is 6.98. The number of ether oxygens (including phenoxy) is 3. The van der Waals surface area contributed by atoms with Crippen molar-refractivity contribution in [3.05, 3.63) is 254 Å². The van der Waals surface area contributed by atoms with Crippen molar-refractivity contribution in [3.63, 3.8) is 0 Å². The van der Waals surface area contributed by atoms with Gasteiger partial charge in [0.05, 0.1) is 77.1 Å². The molecule has 0 amide bonds. The fourth-order valence-corrected chi connectivity index (χ4v) is 23.9. The Morgan fingerprint density at radius 3 is 1.11 bits per heavy atom. The van der Waals surface area contributed by atoms with Gasteiger partial charge in [-0.3, -0.25) is 40.0 Å². The number of aryl methyl sites for hydroxylation is 4. The average Bonchev–Trinajstić information content (AvgIpc) is 1.61. The van der Waals surface area contributed by atoms with Crippen LogP contribution in [0.4, 0.5) is 78.1 Å². The lowest BCUT2D eigenvalue weighted by atomic mass is 9.73. The van der Waals surface area contributed by atoms with Crippen LogP contribution < -0.4 is 87.5 Å². The van der Waals surface area contributed by atoms with Gasteiger partial charge in [-0.15, -0.1) is 0 Å². The summed E-state index contributed by atoms with van der Waals surface area (Å²) in [5, 5.41) is 30.6. The monoisotopic (exact) mass is 1910 g/mol. The van der Waals surface area contributed by atoms with Crippen molar-refractivity contribution < 1.29 is 23.0 Å². The number of nitrogens with two attached hydrogens (primary N) is 4. The van der Waals surface area contributed by atoms with Crippen LogP contribution in [0.5, 0.6) is 17.2 Å². The van der Waals surface area contributed by atoms with E-state index in [1.807, 2.05) is 84.3 Å². The summed E-state index contributed by atoms with van der Waals surface area (Å²) in [5.41, 5.74) is 43.7. The zero-order chi connectivity index (χ0) is 96.0. The van der Waals surface area contributed by atoms with Crippen LogP contribution in [0.2, 0.25) is 0 Å². The summed E-state index contributed by atoms with van der Waals surface area (Å²) in [7, 11) is 3.55. The van der Waals surface area contributed by atoms with E-state index in [1.54, 1.807) is 60.1 Å². The number of para-hydroxylation sites is 3. The molecule has 37 nitrogen and oxygen atoms in total. The van der Waals surface area contributed by atoms with Gasteiger partial charge in [-0.05, 0) is 142 Å². The van der Waals surface area contributed by atoms with Gasteiger partial charge in [0.25, 0.3) is 11.1 Å². The third-order valence-electron chi connectivity index (χ3n) is 31.8. The largest absolute Gasteiger partial charge is 0.485 e. The van der Waals surface area contributed by atoms with Gasteiger partial charge in [0.2, 0.25) is 0 Å². The molecule has 1 aliphatic carbocycles. The molecule has 4 spiro atoms. The first-order valence-electron chi connectivity index (χ1n) is 49.4. The number of anilines is 12. The second-order valence-electron chi connectivity index (χ2n) is 39.5. The van der Waals surface area contributed by atoms with Gasteiger partial charge in [0.15, 0.2) is 91.1 Å². The predicted molar refractivity (Wildman–Crippen MR) is 535 cm³/mol. The van der Waals surface area contributed by atoms with Gasteiger partial charge in [0.1, 0.15) is 45.8 Å². The molecular weight excluding hydrogens is 1800 g/mol. The number of H-pyrrole nitrogens is 4. The summed E-state index contributed by atoms with van der Waals surface area (Å²) in [4.78, 5) is 90.2. The molecule has 724 valence electrons. The second kappa shape index (κ2) is 34.9. The van der Waals surface area contributed by atoms with Crippen molar-refractivity contribution in [1.82, 2.24) is 99.8 Å². The number of halogens is 2. The SMILES string of the molecule is Cn1ccc2c(c1=O)CCCN2c1n[nH]c2nc(N3CCC4(CC3)Oc3c(F)cccc3[C@H]4N)cnc12.Cn1ccc2c(c1=O)CCCN2c1n[nH]c2nc(N3CCC4(CC3)Oc3ccccc3[C@H]4N)cnc12.NC1c2ccccc2CC12CCN(c1cnc3c(N4CCCc5ncccc54)n[nH]c3n1)CC2.N[C@@H]1c2cccc(F)c2OC12CCN(c1cnc3c(N4CCCc5ncccc54)n[nH]c3n1)CC2. The molecule has 39 heteroatoms. The Labute approximate surface area is 813 Å². The number of rotatable bonds is 8. The van der Waals surface area contributed by atoms with Crippen LogP contribution in [-0.2, 0) is 46.2 Å². The number of fused-ring (bicyclic) bond motifs is 12. The maximum Gasteiger partial charge on any atom is 0.255 e. The van der Waals surface area contributed by atoms with Gasteiger partial charge < -0.3 is 85.5 Å². The number of hydrogen-bond acceptors (Lipinski definition) is 31. The third kappa shape index (κ3) is 14.9. The average molecular weight is 1910 g/mol. The first-order valence-corrected chi connectivity index (χ1v) is 49.4. The highest BCUT2D eigenvalue weighted by Crippen LogP contribution is 2.55. The van der Waals surface area contributed by atoms with Crippen LogP contribution in [0.1, 0.15) is 152 Å². The molecule has 0 saturated carbocycles. The molecule has 1 unspecified atom stereocenters. The van der Waals surface area contributed by atoms with Crippen molar-refractivity contribution in [3.8, 4) is 17.2 Å². The smallest absolute Gasteiger partial charge is 0.255 e. The van der Waals surface area contributed by atoms with Gasteiger partial charge in [0, 0.05) is 190 Å². The summed E-state index contributed by atoms with van der Waals surface area (Å²) in [6, 6.07) is 38.0. The molecule has 142 heavy (non-hydrogen) atoms.